The van der Waals surface area contributed by atoms with E-state index in [0.29, 0.717) is 5.56 Å². The monoisotopic (exact) mass is 190 g/mol. The van der Waals surface area contributed by atoms with Crippen LogP contribution in [0, 0.1) is 12.9 Å². The summed E-state index contributed by atoms with van der Waals surface area (Å²) < 4.78 is 37.2. The molecule has 0 bridgehead atoms. The fourth-order valence-corrected chi connectivity index (χ4v) is 1.04. The molecule has 0 amide bonds. The Morgan fingerprint density at radius 1 is 1.54 bits per heavy atom. The van der Waals surface area contributed by atoms with E-state index in [1.54, 1.807) is 0 Å². The first-order valence-electron chi connectivity index (χ1n) is 3.70. The quantitative estimate of drug-likeness (QED) is 0.723. The van der Waals surface area contributed by atoms with Gasteiger partial charge in [-0.3, -0.25) is 0 Å². The van der Waals surface area contributed by atoms with E-state index in [2.05, 4.69) is 4.98 Å². The van der Waals surface area contributed by atoms with E-state index in [9.17, 15) is 13.2 Å². The van der Waals surface area contributed by atoms with Gasteiger partial charge in [0.1, 0.15) is 5.69 Å². The second-order valence-corrected chi connectivity index (χ2v) is 2.64. The summed E-state index contributed by atoms with van der Waals surface area (Å²) in [6.07, 6.45) is -2.75. The fourth-order valence-electron chi connectivity index (χ4n) is 1.04. The highest BCUT2D eigenvalue weighted by Gasteiger charge is 2.14. The van der Waals surface area contributed by atoms with E-state index in [1.165, 1.54) is 6.92 Å². The molecule has 5 heteroatoms. The van der Waals surface area contributed by atoms with Gasteiger partial charge in [-0.2, -0.15) is 4.39 Å². The van der Waals surface area contributed by atoms with Gasteiger partial charge in [0.05, 0.1) is 0 Å². The van der Waals surface area contributed by atoms with E-state index in [-0.39, 0.29) is 12.1 Å². The highest BCUT2D eigenvalue weighted by Crippen LogP contribution is 2.20. The Kier molecular flexibility index (Phi) is 2.87. The molecule has 0 fully saturated rings. The summed E-state index contributed by atoms with van der Waals surface area (Å²) in [6.45, 7) is 1.49. The Labute approximate surface area is 73.6 Å². The smallest absolute Gasteiger partial charge is 0.280 e. The fraction of sp³-hybridized carbons (Fsp3) is 0.375. The van der Waals surface area contributed by atoms with E-state index < -0.39 is 18.1 Å². The summed E-state index contributed by atoms with van der Waals surface area (Å²) in [7, 11) is 0. The number of aromatic nitrogens is 1. The zero-order valence-electron chi connectivity index (χ0n) is 7.02. The molecular formula is C8H9F3N2. The zero-order chi connectivity index (χ0) is 10.0. The van der Waals surface area contributed by atoms with Crippen molar-refractivity contribution < 1.29 is 13.2 Å². The van der Waals surface area contributed by atoms with Crippen molar-refractivity contribution in [3.8, 4) is 0 Å². The highest BCUT2D eigenvalue weighted by atomic mass is 19.3. The maximum atomic E-state index is 12.9. The lowest BCUT2D eigenvalue weighted by molar-refractivity contribution is 0.144. The SMILES string of the molecule is Cc1cc(C(F)F)nc(F)c1CN. The third kappa shape index (κ3) is 1.98. The molecule has 1 aromatic rings. The number of rotatable bonds is 2. The Morgan fingerprint density at radius 3 is 2.54 bits per heavy atom. The molecule has 2 nitrogen and oxygen atoms in total. The standard InChI is InChI=1S/C8H9F3N2/c1-4-2-6(7(9)10)13-8(11)5(4)3-12/h2,7H,3,12H2,1H3. The summed E-state index contributed by atoms with van der Waals surface area (Å²) in [5, 5.41) is 0. The summed E-state index contributed by atoms with van der Waals surface area (Å²) >= 11 is 0. The summed E-state index contributed by atoms with van der Waals surface area (Å²) in [6, 6.07) is 1.15. The van der Waals surface area contributed by atoms with Crippen LogP contribution in [-0.4, -0.2) is 4.98 Å². The number of aryl methyl sites for hydroxylation is 1. The van der Waals surface area contributed by atoms with Crippen molar-refractivity contribution in [3.05, 3.63) is 28.8 Å². The summed E-state index contributed by atoms with van der Waals surface area (Å²) in [5.74, 6) is -0.905. The second-order valence-electron chi connectivity index (χ2n) is 2.64. The lowest BCUT2D eigenvalue weighted by Crippen LogP contribution is -2.07. The van der Waals surface area contributed by atoms with Gasteiger partial charge in [-0.1, -0.05) is 0 Å². The first kappa shape index (κ1) is 9.98. The van der Waals surface area contributed by atoms with Gasteiger partial charge in [0, 0.05) is 12.1 Å². The van der Waals surface area contributed by atoms with Crippen LogP contribution in [0.25, 0.3) is 0 Å². The van der Waals surface area contributed by atoms with Gasteiger partial charge in [0.2, 0.25) is 5.95 Å². The van der Waals surface area contributed by atoms with Crippen molar-refractivity contribution in [1.29, 1.82) is 0 Å². The van der Waals surface area contributed by atoms with Crippen LogP contribution in [0.4, 0.5) is 13.2 Å². The molecule has 0 aliphatic rings. The van der Waals surface area contributed by atoms with Gasteiger partial charge in [0.15, 0.2) is 0 Å². The lowest BCUT2D eigenvalue weighted by Gasteiger charge is -2.06. The number of nitrogens with two attached hydrogens (primary N) is 1. The topological polar surface area (TPSA) is 38.9 Å². The summed E-state index contributed by atoms with van der Waals surface area (Å²) in [4.78, 5) is 3.11. The molecule has 72 valence electrons. The zero-order valence-corrected chi connectivity index (χ0v) is 7.02. The molecule has 0 aliphatic carbocycles. The predicted molar refractivity (Wildman–Crippen MR) is 41.8 cm³/mol. The number of hydrogen-bond acceptors (Lipinski definition) is 2. The number of hydrogen-bond donors (Lipinski definition) is 1. The molecule has 1 heterocycles. The molecule has 0 atom stereocenters. The number of pyridine rings is 1. The first-order chi connectivity index (χ1) is 6.06. The molecule has 0 saturated heterocycles. The number of nitrogens with zero attached hydrogens (tertiary/aromatic N) is 1. The second kappa shape index (κ2) is 3.74. The molecule has 1 aromatic heterocycles. The molecule has 0 unspecified atom stereocenters. The molecule has 0 radical (unpaired) electrons. The lowest BCUT2D eigenvalue weighted by atomic mass is 10.1. The van der Waals surface area contributed by atoms with Crippen LogP contribution in [0.1, 0.15) is 23.2 Å². The van der Waals surface area contributed by atoms with Gasteiger partial charge in [0.25, 0.3) is 6.43 Å². The van der Waals surface area contributed by atoms with Crippen LogP contribution in [0.15, 0.2) is 6.07 Å². The molecule has 2 N–H and O–H groups in total. The van der Waals surface area contributed by atoms with Crippen molar-refractivity contribution in [2.24, 2.45) is 5.73 Å². The summed E-state index contributed by atoms with van der Waals surface area (Å²) in [5.41, 5.74) is 5.25. The van der Waals surface area contributed by atoms with Crippen molar-refractivity contribution in [1.82, 2.24) is 4.98 Å². The maximum absolute atomic E-state index is 12.9. The number of halogens is 3. The van der Waals surface area contributed by atoms with Crippen LogP contribution in [-0.2, 0) is 6.54 Å². The third-order valence-electron chi connectivity index (χ3n) is 1.74. The molecule has 1 rings (SSSR count). The normalized spacial score (nSPS) is 10.9. The van der Waals surface area contributed by atoms with Gasteiger partial charge in [-0.15, -0.1) is 0 Å². The molecule has 0 spiro atoms. The van der Waals surface area contributed by atoms with E-state index in [4.69, 9.17) is 5.73 Å². The van der Waals surface area contributed by atoms with Crippen LogP contribution in [0.3, 0.4) is 0 Å². The van der Waals surface area contributed by atoms with Gasteiger partial charge in [-0.25, -0.2) is 13.8 Å². The van der Waals surface area contributed by atoms with Crippen LogP contribution in [0.2, 0.25) is 0 Å². The molecule has 0 aliphatic heterocycles. The van der Waals surface area contributed by atoms with Crippen molar-refractivity contribution in [2.45, 2.75) is 19.9 Å². The molecule has 13 heavy (non-hydrogen) atoms. The Hall–Kier alpha value is -1.10. The Bertz CT molecular complexity index is 289. The van der Waals surface area contributed by atoms with Crippen molar-refractivity contribution in [3.63, 3.8) is 0 Å². The van der Waals surface area contributed by atoms with E-state index >= 15 is 0 Å². The largest absolute Gasteiger partial charge is 0.326 e. The highest BCUT2D eigenvalue weighted by molar-refractivity contribution is 5.26. The minimum atomic E-state index is -2.75. The first-order valence-corrected chi connectivity index (χ1v) is 3.70. The van der Waals surface area contributed by atoms with Crippen molar-refractivity contribution in [2.75, 3.05) is 0 Å². The Balaban J connectivity index is 3.20. The van der Waals surface area contributed by atoms with E-state index in [1.807, 2.05) is 0 Å². The minimum Gasteiger partial charge on any atom is -0.326 e. The van der Waals surface area contributed by atoms with Gasteiger partial charge in [-0.05, 0) is 18.6 Å². The number of alkyl halides is 2. The van der Waals surface area contributed by atoms with Crippen molar-refractivity contribution >= 4 is 0 Å². The molecule has 0 aromatic carbocycles. The average Bonchev–Trinajstić information content (AvgIpc) is 2.03. The maximum Gasteiger partial charge on any atom is 0.280 e. The van der Waals surface area contributed by atoms with Crippen LogP contribution in [0.5, 0.6) is 0 Å². The van der Waals surface area contributed by atoms with Crippen LogP contribution < -0.4 is 5.73 Å². The van der Waals surface area contributed by atoms with Gasteiger partial charge >= 0.3 is 0 Å². The van der Waals surface area contributed by atoms with Gasteiger partial charge < -0.3 is 5.73 Å². The Morgan fingerprint density at radius 2 is 2.15 bits per heavy atom. The predicted octanol–water partition coefficient (Wildman–Crippen LogP) is 1.93. The molecule has 0 saturated carbocycles. The van der Waals surface area contributed by atoms with E-state index in [0.717, 1.165) is 6.07 Å². The third-order valence-corrected chi connectivity index (χ3v) is 1.74. The minimum absolute atomic E-state index is 0.0335. The average molecular weight is 190 g/mol. The molecular weight excluding hydrogens is 181 g/mol. The van der Waals surface area contributed by atoms with Crippen LogP contribution >= 0.6 is 0 Å².